The lowest BCUT2D eigenvalue weighted by Crippen LogP contribution is -2.32. The van der Waals surface area contributed by atoms with Crippen LogP contribution in [-0.2, 0) is 18.3 Å². The molecule has 0 amide bonds. The van der Waals surface area contributed by atoms with Crippen molar-refractivity contribution in [1.82, 2.24) is 15.1 Å². The van der Waals surface area contributed by atoms with Gasteiger partial charge in [0.1, 0.15) is 5.75 Å². The normalized spacial score (nSPS) is 15.3. The van der Waals surface area contributed by atoms with Crippen LogP contribution in [0.2, 0.25) is 0 Å². The zero-order chi connectivity index (χ0) is 21.9. The van der Waals surface area contributed by atoms with E-state index in [2.05, 4.69) is 15.7 Å². The van der Waals surface area contributed by atoms with Gasteiger partial charge in [-0.2, -0.15) is 5.10 Å². The zero-order valence-corrected chi connectivity index (χ0v) is 19.1. The molecule has 1 fully saturated rings. The number of ether oxygens (including phenoxy) is 2. The Labute approximate surface area is 186 Å². The Hall–Kier alpha value is -2.54. The lowest BCUT2D eigenvalue weighted by atomic mass is 9.98. The summed E-state index contributed by atoms with van der Waals surface area (Å²) < 4.78 is 13.6. The Kier molecular flexibility index (Phi) is 9.21. The summed E-state index contributed by atoms with van der Waals surface area (Å²) in [5, 5.41) is 11.0. The molecule has 1 aromatic carbocycles. The second-order valence-corrected chi connectivity index (χ2v) is 8.34. The van der Waals surface area contributed by atoms with E-state index in [1.807, 2.05) is 55.9 Å². The molecule has 0 bridgehead atoms. The SMILES string of the molecule is CC(C)Oc1ccc(NC(=NCc2ccnn2C)NCCCOC2CCCCC2)cc1. The number of guanidine groups is 1. The molecule has 1 saturated carbocycles. The van der Waals surface area contributed by atoms with Gasteiger partial charge in [-0.15, -0.1) is 0 Å². The number of benzene rings is 1. The van der Waals surface area contributed by atoms with Gasteiger partial charge < -0.3 is 20.1 Å². The molecule has 1 aliphatic carbocycles. The highest BCUT2D eigenvalue weighted by Crippen LogP contribution is 2.20. The molecule has 31 heavy (non-hydrogen) atoms. The van der Waals surface area contributed by atoms with Gasteiger partial charge in [0.25, 0.3) is 0 Å². The summed E-state index contributed by atoms with van der Waals surface area (Å²) >= 11 is 0. The number of aliphatic imine (C=N–C) groups is 1. The van der Waals surface area contributed by atoms with Crippen LogP contribution in [0.3, 0.4) is 0 Å². The van der Waals surface area contributed by atoms with Gasteiger partial charge in [-0.3, -0.25) is 4.68 Å². The van der Waals surface area contributed by atoms with Gasteiger partial charge in [0.15, 0.2) is 5.96 Å². The molecule has 0 unspecified atom stereocenters. The minimum absolute atomic E-state index is 0.160. The first-order valence-electron chi connectivity index (χ1n) is 11.5. The highest BCUT2D eigenvalue weighted by Gasteiger charge is 2.13. The van der Waals surface area contributed by atoms with E-state index in [0.29, 0.717) is 12.6 Å². The van der Waals surface area contributed by atoms with Gasteiger partial charge in [-0.05, 0) is 63.4 Å². The Balaban J connectivity index is 1.52. The molecule has 1 aromatic heterocycles. The van der Waals surface area contributed by atoms with Gasteiger partial charge in [0.2, 0.25) is 0 Å². The van der Waals surface area contributed by atoms with E-state index in [4.69, 9.17) is 14.5 Å². The Morgan fingerprint density at radius 3 is 2.61 bits per heavy atom. The largest absolute Gasteiger partial charge is 0.491 e. The lowest BCUT2D eigenvalue weighted by molar-refractivity contribution is 0.0277. The first-order chi connectivity index (χ1) is 15.1. The molecule has 2 N–H and O–H groups in total. The standard InChI is InChI=1S/C24H37N5O2/c1-19(2)31-23-12-10-20(11-13-23)28-24(26-18-21-14-16-27-29(21)3)25-15-7-17-30-22-8-5-4-6-9-22/h10-14,16,19,22H,4-9,15,17-18H2,1-3H3,(H2,25,26,28). The van der Waals surface area contributed by atoms with Crippen LogP contribution < -0.4 is 15.4 Å². The van der Waals surface area contributed by atoms with E-state index in [1.54, 1.807) is 6.20 Å². The molecule has 2 aromatic rings. The maximum atomic E-state index is 6.04. The number of hydrogen-bond donors (Lipinski definition) is 2. The number of aromatic nitrogens is 2. The third-order valence-corrected chi connectivity index (χ3v) is 5.33. The van der Waals surface area contributed by atoms with Crippen LogP contribution in [0.5, 0.6) is 5.75 Å². The van der Waals surface area contributed by atoms with E-state index >= 15 is 0 Å². The summed E-state index contributed by atoms with van der Waals surface area (Å²) in [4.78, 5) is 4.74. The molecule has 1 heterocycles. The fraction of sp³-hybridized carbons (Fsp3) is 0.583. The summed E-state index contributed by atoms with van der Waals surface area (Å²) in [5.41, 5.74) is 2.02. The Morgan fingerprint density at radius 1 is 1.16 bits per heavy atom. The maximum Gasteiger partial charge on any atom is 0.196 e. The van der Waals surface area contributed by atoms with Gasteiger partial charge in [0.05, 0.1) is 24.4 Å². The van der Waals surface area contributed by atoms with Crippen LogP contribution in [0.4, 0.5) is 5.69 Å². The molecule has 0 spiro atoms. The summed E-state index contributed by atoms with van der Waals surface area (Å²) in [6, 6.07) is 9.94. The second-order valence-electron chi connectivity index (χ2n) is 8.34. The maximum absolute atomic E-state index is 6.04. The van der Waals surface area contributed by atoms with E-state index in [9.17, 15) is 0 Å². The number of nitrogens with zero attached hydrogens (tertiary/aromatic N) is 3. The number of nitrogens with one attached hydrogen (secondary N) is 2. The number of anilines is 1. The average Bonchev–Trinajstić information content (AvgIpc) is 3.18. The molecular weight excluding hydrogens is 390 g/mol. The van der Waals surface area contributed by atoms with Crippen molar-refractivity contribution in [3.05, 3.63) is 42.2 Å². The third kappa shape index (κ3) is 8.25. The van der Waals surface area contributed by atoms with E-state index in [-0.39, 0.29) is 6.10 Å². The van der Waals surface area contributed by atoms with Crippen molar-refractivity contribution < 1.29 is 9.47 Å². The summed E-state index contributed by atoms with van der Waals surface area (Å²) in [6.07, 6.45) is 9.74. The van der Waals surface area contributed by atoms with Crippen molar-refractivity contribution in [2.75, 3.05) is 18.5 Å². The minimum atomic E-state index is 0.160. The van der Waals surface area contributed by atoms with E-state index in [0.717, 1.165) is 42.7 Å². The van der Waals surface area contributed by atoms with Crippen molar-refractivity contribution in [2.45, 2.75) is 71.1 Å². The number of hydrogen-bond acceptors (Lipinski definition) is 4. The van der Waals surface area contributed by atoms with Crippen LogP contribution in [0.25, 0.3) is 0 Å². The topological polar surface area (TPSA) is 72.7 Å². The third-order valence-electron chi connectivity index (χ3n) is 5.33. The van der Waals surface area contributed by atoms with Gasteiger partial charge in [-0.25, -0.2) is 4.99 Å². The molecule has 0 aliphatic heterocycles. The smallest absolute Gasteiger partial charge is 0.196 e. The average molecular weight is 428 g/mol. The summed E-state index contributed by atoms with van der Waals surface area (Å²) in [6.45, 7) is 6.19. The molecule has 7 nitrogen and oxygen atoms in total. The Morgan fingerprint density at radius 2 is 1.94 bits per heavy atom. The lowest BCUT2D eigenvalue weighted by Gasteiger charge is -2.22. The molecular formula is C24H37N5O2. The summed E-state index contributed by atoms with van der Waals surface area (Å²) in [5.74, 6) is 1.61. The van der Waals surface area contributed by atoms with Crippen LogP contribution in [0, 0.1) is 0 Å². The second kappa shape index (κ2) is 12.3. The number of aryl methyl sites for hydroxylation is 1. The van der Waals surface area contributed by atoms with Gasteiger partial charge in [0, 0.05) is 32.1 Å². The molecule has 0 radical (unpaired) electrons. The van der Waals surface area contributed by atoms with E-state index < -0.39 is 0 Å². The first kappa shape index (κ1) is 23.1. The zero-order valence-electron chi connectivity index (χ0n) is 19.1. The molecule has 3 rings (SSSR count). The fourth-order valence-corrected chi connectivity index (χ4v) is 3.64. The van der Waals surface area contributed by atoms with Crippen molar-refractivity contribution in [1.29, 1.82) is 0 Å². The molecule has 1 aliphatic rings. The minimum Gasteiger partial charge on any atom is -0.491 e. The van der Waals surface area contributed by atoms with Gasteiger partial charge in [-0.1, -0.05) is 19.3 Å². The summed E-state index contributed by atoms with van der Waals surface area (Å²) in [7, 11) is 1.93. The van der Waals surface area contributed by atoms with Gasteiger partial charge >= 0.3 is 0 Å². The first-order valence-corrected chi connectivity index (χ1v) is 11.5. The highest BCUT2D eigenvalue weighted by atomic mass is 16.5. The van der Waals surface area contributed by atoms with Crippen LogP contribution in [-0.4, -0.2) is 41.1 Å². The number of rotatable bonds is 10. The fourth-order valence-electron chi connectivity index (χ4n) is 3.64. The monoisotopic (exact) mass is 427 g/mol. The molecule has 170 valence electrons. The highest BCUT2D eigenvalue weighted by molar-refractivity contribution is 5.93. The van der Waals surface area contributed by atoms with Crippen molar-refractivity contribution in [3.63, 3.8) is 0 Å². The van der Waals surface area contributed by atoms with Crippen LogP contribution in [0.15, 0.2) is 41.5 Å². The molecule has 7 heteroatoms. The Bertz CT molecular complexity index is 795. The predicted molar refractivity (Wildman–Crippen MR) is 126 cm³/mol. The van der Waals surface area contributed by atoms with Crippen LogP contribution in [0.1, 0.15) is 58.1 Å². The van der Waals surface area contributed by atoms with Crippen molar-refractivity contribution in [2.24, 2.45) is 12.0 Å². The van der Waals surface area contributed by atoms with Crippen molar-refractivity contribution in [3.8, 4) is 5.75 Å². The van der Waals surface area contributed by atoms with Crippen LogP contribution >= 0.6 is 0 Å². The molecule has 0 saturated heterocycles. The quantitative estimate of drug-likeness (QED) is 0.332. The van der Waals surface area contributed by atoms with E-state index in [1.165, 1.54) is 32.1 Å². The van der Waals surface area contributed by atoms with Crippen molar-refractivity contribution >= 4 is 11.6 Å². The molecule has 0 atom stereocenters. The predicted octanol–water partition coefficient (Wildman–Crippen LogP) is 4.50.